The molecule has 0 fully saturated rings. The molecule has 1 aromatic heterocycles. The highest BCUT2D eigenvalue weighted by Crippen LogP contribution is 2.24. The first-order valence-corrected chi connectivity index (χ1v) is 10.6. The largest absolute Gasteiger partial charge is 0.302 e. The minimum absolute atomic E-state index is 0.0903. The molecule has 0 unspecified atom stereocenters. The Balaban J connectivity index is 1.30. The summed E-state index contributed by atoms with van der Waals surface area (Å²) in [4.78, 5) is 17.6. The molecule has 3 aromatic carbocycles. The van der Waals surface area contributed by atoms with E-state index in [9.17, 15) is 9.18 Å². The lowest BCUT2D eigenvalue weighted by molar-refractivity contribution is -0.116. The Hall–Kier alpha value is -3.31. The summed E-state index contributed by atoms with van der Waals surface area (Å²) in [5, 5.41) is 3.46. The summed E-state index contributed by atoms with van der Waals surface area (Å²) in [6.45, 7) is 0. The lowest BCUT2D eigenvalue weighted by Gasteiger charge is -2.04. The molecule has 1 N–H and O–H groups in total. The summed E-state index contributed by atoms with van der Waals surface area (Å²) in [5.41, 5.74) is 4.53. The van der Waals surface area contributed by atoms with Gasteiger partial charge in [0.1, 0.15) is 5.82 Å². The van der Waals surface area contributed by atoms with Crippen LogP contribution in [0.1, 0.15) is 22.4 Å². The Labute approximate surface area is 179 Å². The molecule has 0 bridgehead atoms. The quantitative estimate of drug-likeness (QED) is 0.395. The summed E-state index contributed by atoms with van der Waals surface area (Å²) in [6, 6.07) is 25.0. The first-order chi connectivity index (χ1) is 14.7. The molecule has 1 heterocycles. The number of hydrogen-bond acceptors (Lipinski definition) is 3. The van der Waals surface area contributed by atoms with Gasteiger partial charge in [0.25, 0.3) is 0 Å². The molecule has 0 aliphatic heterocycles. The van der Waals surface area contributed by atoms with E-state index in [1.54, 1.807) is 12.1 Å². The zero-order valence-corrected chi connectivity index (χ0v) is 17.2. The van der Waals surface area contributed by atoms with Gasteiger partial charge in [-0.1, -0.05) is 66.7 Å². The van der Waals surface area contributed by atoms with Crippen molar-refractivity contribution in [3.8, 4) is 11.1 Å². The van der Waals surface area contributed by atoms with E-state index in [1.165, 1.54) is 40.2 Å². The molecule has 0 atom stereocenters. The first kappa shape index (κ1) is 20.0. The molecule has 0 aliphatic carbocycles. The third-order valence-electron chi connectivity index (χ3n) is 4.79. The second-order valence-electron chi connectivity index (χ2n) is 7.05. The standard InChI is InChI=1S/C25H21FN2OS/c26-22-13-8-18(9-14-22)10-15-24(29)28-25-27-17-23(30-25)16-19-6-11-21(12-7-19)20-4-2-1-3-5-20/h1-9,11-14,17H,10,15-16H2,(H,27,28,29). The highest BCUT2D eigenvalue weighted by atomic mass is 32.1. The van der Waals surface area contributed by atoms with Crippen LogP contribution in [0, 0.1) is 5.82 Å². The lowest BCUT2D eigenvalue weighted by Crippen LogP contribution is -2.11. The Morgan fingerprint density at radius 2 is 1.53 bits per heavy atom. The van der Waals surface area contributed by atoms with E-state index >= 15 is 0 Å². The van der Waals surface area contributed by atoms with Crippen LogP contribution < -0.4 is 5.32 Å². The maximum absolute atomic E-state index is 12.9. The van der Waals surface area contributed by atoms with E-state index in [1.807, 2.05) is 24.4 Å². The van der Waals surface area contributed by atoms with Crippen LogP contribution in [0.25, 0.3) is 11.1 Å². The Morgan fingerprint density at radius 3 is 2.27 bits per heavy atom. The van der Waals surface area contributed by atoms with E-state index in [0.29, 0.717) is 18.0 Å². The number of thiazole rings is 1. The number of benzene rings is 3. The van der Waals surface area contributed by atoms with E-state index < -0.39 is 0 Å². The molecule has 0 aliphatic rings. The number of aromatic nitrogens is 1. The topological polar surface area (TPSA) is 42.0 Å². The van der Waals surface area contributed by atoms with E-state index in [2.05, 4.69) is 46.7 Å². The molecule has 0 radical (unpaired) electrons. The van der Waals surface area contributed by atoms with Gasteiger partial charge in [0, 0.05) is 23.9 Å². The summed E-state index contributed by atoms with van der Waals surface area (Å²) < 4.78 is 12.9. The SMILES string of the molecule is O=C(CCc1ccc(F)cc1)Nc1ncc(Cc2ccc(-c3ccccc3)cc2)s1. The maximum atomic E-state index is 12.9. The van der Waals surface area contributed by atoms with Gasteiger partial charge in [0.05, 0.1) is 0 Å². The molecule has 3 nitrogen and oxygen atoms in total. The number of anilines is 1. The van der Waals surface area contributed by atoms with Gasteiger partial charge >= 0.3 is 0 Å². The van der Waals surface area contributed by atoms with Crippen LogP contribution in [0.15, 0.2) is 85.1 Å². The van der Waals surface area contributed by atoms with Crippen molar-refractivity contribution < 1.29 is 9.18 Å². The van der Waals surface area contributed by atoms with Crippen molar-refractivity contribution in [2.45, 2.75) is 19.3 Å². The molecule has 0 saturated heterocycles. The number of rotatable bonds is 7. The van der Waals surface area contributed by atoms with Crippen LogP contribution in [0.2, 0.25) is 0 Å². The van der Waals surface area contributed by atoms with Crippen molar-refractivity contribution >= 4 is 22.4 Å². The van der Waals surface area contributed by atoms with Crippen LogP contribution in [0.4, 0.5) is 9.52 Å². The predicted molar refractivity (Wildman–Crippen MR) is 120 cm³/mol. The molecular weight excluding hydrogens is 395 g/mol. The molecule has 30 heavy (non-hydrogen) atoms. The average Bonchev–Trinajstić information content (AvgIpc) is 3.21. The Morgan fingerprint density at radius 1 is 0.867 bits per heavy atom. The van der Waals surface area contributed by atoms with Crippen molar-refractivity contribution in [1.82, 2.24) is 4.98 Å². The van der Waals surface area contributed by atoms with Gasteiger partial charge in [0.15, 0.2) is 5.13 Å². The number of hydrogen-bond donors (Lipinski definition) is 1. The number of nitrogens with zero attached hydrogens (tertiary/aromatic N) is 1. The molecule has 0 saturated carbocycles. The average molecular weight is 417 g/mol. The fourth-order valence-corrected chi connectivity index (χ4v) is 4.05. The molecule has 1 amide bonds. The van der Waals surface area contributed by atoms with Crippen LogP contribution in [-0.2, 0) is 17.6 Å². The molecule has 150 valence electrons. The van der Waals surface area contributed by atoms with Gasteiger partial charge in [-0.15, -0.1) is 11.3 Å². The molecule has 4 aromatic rings. The van der Waals surface area contributed by atoms with Gasteiger partial charge in [-0.3, -0.25) is 4.79 Å². The Kier molecular flexibility index (Phi) is 6.30. The summed E-state index contributed by atoms with van der Waals surface area (Å²) in [7, 11) is 0. The highest BCUT2D eigenvalue weighted by Gasteiger charge is 2.08. The zero-order chi connectivity index (χ0) is 20.8. The lowest BCUT2D eigenvalue weighted by atomic mass is 10.0. The second-order valence-corrected chi connectivity index (χ2v) is 8.16. The fraction of sp³-hybridized carbons (Fsp3) is 0.120. The van der Waals surface area contributed by atoms with Gasteiger partial charge < -0.3 is 5.32 Å². The smallest absolute Gasteiger partial charge is 0.226 e. The molecule has 0 spiro atoms. The number of carbonyl (C=O) groups is 1. The molecule has 4 rings (SSSR count). The van der Waals surface area contributed by atoms with Crippen LogP contribution in [0.5, 0.6) is 0 Å². The third kappa shape index (κ3) is 5.39. The maximum Gasteiger partial charge on any atom is 0.226 e. The monoisotopic (exact) mass is 416 g/mol. The number of carbonyl (C=O) groups excluding carboxylic acids is 1. The van der Waals surface area contributed by atoms with Crippen molar-refractivity contribution in [3.05, 3.63) is 107 Å². The van der Waals surface area contributed by atoms with Gasteiger partial charge in [-0.2, -0.15) is 0 Å². The van der Waals surface area contributed by atoms with Gasteiger partial charge in [-0.25, -0.2) is 9.37 Å². The number of amides is 1. The van der Waals surface area contributed by atoms with Gasteiger partial charge in [-0.05, 0) is 40.8 Å². The molecular formula is C25H21FN2OS. The molecule has 5 heteroatoms. The number of nitrogens with one attached hydrogen (secondary N) is 1. The minimum atomic E-state index is -0.270. The first-order valence-electron chi connectivity index (χ1n) is 9.79. The summed E-state index contributed by atoms with van der Waals surface area (Å²) >= 11 is 1.49. The van der Waals surface area contributed by atoms with Gasteiger partial charge in [0.2, 0.25) is 5.91 Å². The summed E-state index contributed by atoms with van der Waals surface area (Å²) in [6.07, 6.45) is 3.49. The second kappa shape index (κ2) is 9.46. The van der Waals surface area contributed by atoms with Crippen molar-refractivity contribution in [2.24, 2.45) is 0 Å². The Bertz CT molecular complexity index is 1110. The number of aryl methyl sites for hydroxylation is 1. The van der Waals surface area contributed by atoms with Crippen LogP contribution in [-0.4, -0.2) is 10.9 Å². The predicted octanol–water partition coefficient (Wildman–Crippen LogP) is 6.11. The number of halogens is 1. The van der Waals surface area contributed by atoms with Crippen molar-refractivity contribution in [2.75, 3.05) is 5.32 Å². The van der Waals surface area contributed by atoms with E-state index in [4.69, 9.17) is 0 Å². The van der Waals surface area contributed by atoms with Crippen molar-refractivity contribution in [3.63, 3.8) is 0 Å². The van der Waals surface area contributed by atoms with Crippen LogP contribution in [0.3, 0.4) is 0 Å². The normalized spacial score (nSPS) is 10.7. The van der Waals surface area contributed by atoms with E-state index in [0.717, 1.165) is 16.9 Å². The third-order valence-corrected chi connectivity index (χ3v) is 5.71. The van der Waals surface area contributed by atoms with Crippen LogP contribution >= 0.6 is 11.3 Å². The summed E-state index contributed by atoms with van der Waals surface area (Å²) in [5.74, 6) is -0.360. The fourth-order valence-electron chi connectivity index (χ4n) is 3.18. The van der Waals surface area contributed by atoms with E-state index in [-0.39, 0.29) is 11.7 Å². The highest BCUT2D eigenvalue weighted by molar-refractivity contribution is 7.15. The van der Waals surface area contributed by atoms with Crippen molar-refractivity contribution in [1.29, 1.82) is 0 Å². The minimum Gasteiger partial charge on any atom is -0.302 e. The zero-order valence-electron chi connectivity index (χ0n) is 16.3.